The average Bonchev–Trinajstić information content (AvgIpc) is 2.83. The van der Waals surface area contributed by atoms with Crippen LogP contribution in [0.1, 0.15) is 21.7 Å². The molecule has 0 fully saturated rings. The number of hydrogen-bond acceptors (Lipinski definition) is 5. The van der Waals surface area contributed by atoms with Crippen LogP contribution < -0.4 is 9.47 Å². The Kier molecular flexibility index (Phi) is 2.98. The molecular formula is C13H11NO3S. The van der Waals surface area contributed by atoms with Crippen LogP contribution in [0.3, 0.4) is 0 Å². The molecule has 18 heavy (non-hydrogen) atoms. The molecule has 3 rings (SSSR count). The van der Waals surface area contributed by atoms with Gasteiger partial charge in [0.2, 0.25) is 5.78 Å². The molecule has 0 saturated carbocycles. The largest absolute Gasteiger partial charge is 0.490 e. The second-order valence-corrected chi connectivity index (χ2v) is 4.79. The monoisotopic (exact) mass is 261 g/mol. The summed E-state index contributed by atoms with van der Waals surface area (Å²) in [6.45, 7) is 1.26. The number of nitrogens with zero attached hydrogens (tertiary/aromatic N) is 1. The summed E-state index contributed by atoms with van der Waals surface area (Å²) >= 11 is 1.33. The fraction of sp³-hybridized carbons (Fsp3) is 0.231. The van der Waals surface area contributed by atoms with E-state index in [2.05, 4.69) is 4.98 Å². The average molecular weight is 261 g/mol. The first-order valence-corrected chi connectivity index (χ1v) is 6.55. The fourth-order valence-corrected chi connectivity index (χ4v) is 2.36. The molecule has 0 N–H and O–H groups in total. The molecule has 1 aliphatic rings. The molecule has 0 aliphatic carbocycles. The highest BCUT2D eigenvalue weighted by Gasteiger charge is 2.16. The van der Waals surface area contributed by atoms with Crippen LogP contribution in [-0.4, -0.2) is 24.0 Å². The van der Waals surface area contributed by atoms with Crippen LogP contribution >= 0.6 is 11.3 Å². The second-order valence-electron chi connectivity index (χ2n) is 3.91. The first-order chi connectivity index (χ1) is 8.84. The van der Waals surface area contributed by atoms with Gasteiger partial charge in [-0.2, -0.15) is 0 Å². The van der Waals surface area contributed by atoms with Gasteiger partial charge in [-0.25, -0.2) is 0 Å². The SMILES string of the molecule is O=C(c1ccc2c(c1)OCCCO2)c1cncs1. The Labute approximate surface area is 108 Å². The van der Waals surface area contributed by atoms with E-state index in [1.807, 2.05) is 0 Å². The van der Waals surface area contributed by atoms with Crippen LogP contribution in [0.15, 0.2) is 29.9 Å². The molecule has 0 spiro atoms. The van der Waals surface area contributed by atoms with Crippen LogP contribution in [0.4, 0.5) is 0 Å². The Morgan fingerprint density at radius 2 is 2.06 bits per heavy atom. The van der Waals surface area contributed by atoms with Gasteiger partial charge in [0.25, 0.3) is 0 Å². The van der Waals surface area contributed by atoms with Gasteiger partial charge in [-0.15, -0.1) is 11.3 Å². The number of ether oxygens (including phenoxy) is 2. The summed E-state index contributed by atoms with van der Waals surface area (Å²) in [4.78, 5) is 16.7. The quantitative estimate of drug-likeness (QED) is 0.779. The van der Waals surface area contributed by atoms with Crippen LogP contribution in [0.2, 0.25) is 0 Å². The number of carbonyl (C=O) groups is 1. The van der Waals surface area contributed by atoms with E-state index in [9.17, 15) is 4.79 Å². The first kappa shape index (κ1) is 11.2. The van der Waals surface area contributed by atoms with Crippen molar-refractivity contribution in [3.8, 4) is 11.5 Å². The Bertz CT molecular complexity index is 566. The normalized spacial score (nSPS) is 14.0. The van der Waals surface area contributed by atoms with Crippen molar-refractivity contribution < 1.29 is 14.3 Å². The van der Waals surface area contributed by atoms with Crippen molar-refractivity contribution in [1.29, 1.82) is 0 Å². The highest BCUT2D eigenvalue weighted by Crippen LogP contribution is 2.31. The van der Waals surface area contributed by atoms with Crippen molar-refractivity contribution in [1.82, 2.24) is 4.98 Å². The summed E-state index contributed by atoms with van der Waals surface area (Å²) in [5.74, 6) is 1.31. The van der Waals surface area contributed by atoms with Crippen LogP contribution in [0, 0.1) is 0 Å². The Balaban J connectivity index is 1.94. The molecule has 0 atom stereocenters. The van der Waals surface area contributed by atoms with E-state index in [4.69, 9.17) is 9.47 Å². The first-order valence-electron chi connectivity index (χ1n) is 5.67. The van der Waals surface area contributed by atoms with Gasteiger partial charge in [-0.05, 0) is 18.2 Å². The maximum atomic E-state index is 12.2. The molecule has 2 aromatic rings. The summed E-state index contributed by atoms with van der Waals surface area (Å²) in [5.41, 5.74) is 2.25. The Morgan fingerprint density at radius 1 is 1.22 bits per heavy atom. The zero-order chi connectivity index (χ0) is 12.4. The molecule has 2 heterocycles. The van der Waals surface area contributed by atoms with Crippen LogP contribution in [0.5, 0.6) is 11.5 Å². The molecule has 5 heteroatoms. The van der Waals surface area contributed by atoms with Crippen molar-refractivity contribution in [2.45, 2.75) is 6.42 Å². The Morgan fingerprint density at radius 3 is 2.83 bits per heavy atom. The van der Waals surface area contributed by atoms with Gasteiger partial charge in [-0.3, -0.25) is 9.78 Å². The maximum absolute atomic E-state index is 12.2. The fourth-order valence-electron chi connectivity index (χ4n) is 1.77. The van der Waals surface area contributed by atoms with Crippen LogP contribution in [0.25, 0.3) is 0 Å². The topological polar surface area (TPSA) is 48.4 Å². The summed E-state index contributed by atoms with van der Waals surface area (Å²) in [6.07, 6.45) is 2.43. The number of aromatic nitrogens is 1. The molecule has 0 radical (unpaired) electrons. The van der Waals surface area contributed by atoms with E-state index in [0.29, 0.717) is 35.2 Å². The van der Waals surface area contributed by atoms with Crippen molar-refractivity contribution in [2.24, 2.45) is 0 Å². The van der Waals surface area contributed by atoms with Crippen LogP contribution in [-0.2, 0) is 0 Å². The number of ketones is 1. The summed E-state index contributed by atoms with van der Waals surface area (Å²) in [7, 11) is 0. The molecule has 1 aromatic heterocycles. The maximum Gasteiger partial charge on any atom is 0.204 e. The lowest BCUT2D eigenvalue weighted by Gasteiger charge is -2.08. The summed E-state index contributed by atoms with van der Waals surface area (Å²) < 4.78 is 11.1. The van der Waals surface area contributed by atoms with E-state index in [0.717, 1.165) is 6.42 Å². The zero-order valence-electron chi connectivity index (χ0n) is 9.59. The number of hydrogen-bond donors (Lipinski definition) is 0. The smallest absolute Gasteiger partial charge is 0.204 e. The van der Waals surface area contributed by atoms with Gasteiger partial charge in [0.05, 0.1) is 23.6 Å². The van der Waals surface area contributed by atoms with Gasteiger partial charge < -0.3 is 9.47 Å². The number of rotatable bonds is 2. The summed E-state index contributed by atoms with van der Waals surface area (Å²) in [5, 5.41) is 0. The van der Waals surface area contributed by atoms with E-state index in [-0.39, 0.29) is 5.78 Å². The molecular weight excluding hydrogens is 250 g/mol. The number of benzene rings is 1. The Hall–Kier alpha value is -1.88. The van der Waals surface area contributed by atoms with Gasteiger partial charge >= 0.3 is 0 Å². The van der Waals surface area contributed by atoms with Gasteiger partial charge in [0, 0.05) is 18.2 Å². The molecule has 92 valence electrons. The predicted molar refractivity (Wildman–Crippen MR) is 67.6 cm³/mol. The second kappa shape index (κ2) is 4.78. The lowest BCUT2D eigenvalue weighted by Crippen LogP contribution is -2.00. The number of carbonyl (C=O) groups excluding carboxylic acids is 1. The molecule has 4 nitrogen and oxygen atoms in total. The highest BCUT2D eigenvalue weighted by molar-refractivity contribution is 7.11. The number of thiazole rings is 1. The third kappa shape index (κ3) is 2.09. The van der Waals surface area contributed by atoms with Crippen molar-refractivity contribution >= 4 is 17.1 Å². The van der Waals surface area contributed by atoms with Crippen molar-refractivity contribution in [3.63, 3.8) is 0 Å². The minimum Gasteiger partial charge on any atom is -0.490 e. The highest BCUT2D eigenvalue weighted by atomic mass is 32.1. The molecule has 0 amide bonds. The third-order valence-corrected chi connectivity index (χ3v) is 3.44. The number of fused-ring (bicyclic) bond motifs is 1. The standard InChI is InChI=1S/C13H11NO3S/c15-13(12-7-14-8-18-12)9-2-3-10-11(6-9)17-5-1-4-16-10/h2-3,6-8H,1,4-5H2. The molecule has 0 bridgehead atoms. The van der Waals surface area contributed by atoms with E-state index in [1.54, 1.807) is 29.9 Å². The van der Waals surface area contributed by atoms with Gasteiger partial charge in [0.15, 0.2) is 11.5 Å². The van der Waals surface area contributed by atoms with E-state index >= 15 is 0 Å². The molecule has 0 unspecified atom stereocenters. The molecule has 1 aliphatic heterocycles. The lowest BCUT2D eigenvalue weighted by molar-refractivity contribution is 0.104. The minimum atomic E-state index is -0.0341. The third-order valence-electron chi connectivity index (χ3n) is 2.67. The van der Waals surface area contributed by atoms with Gasteiger partial charge in [-0.1, -0.05) is 0 Å². The van der Waals surface area contributed by atoms with Crippen molar-refractivity contribution in [2.75, 3.05) is 13.2 Å². The molecule has 0 saturated heterocycles. The van der Waals surface area contributed by atoms with Crippen molar-refractivity contribution in [3.05, 3.63) is 40.3 Å². The zero-order valence-corrected chi connectivity index (χ0v) is 10.4. The van der Waals surface area contributed by atoms with Gasteiger partial charge in [0.1, 0.15) is 0 Å². The molecule has 1 aromatic carbocycles. The minimum absolute atomic E-state index is 0.0341. The lowest BCUT2D eigenvalue weighted by atomic mass is 10.1. The van der Waals surface area contributed by atoms with E-state index in [1.165, 1.54) is 11.3 Å². The van der Waals surface area contributed by atoms with E-state index < -0.39 is 0 Å². The summed E-state index contributed by atoms with van der Waals surface area (Å²) in [6, 6.07) is 5.28. The predicted octanol–water partition coefficient (Wildman–Crippen LogP) is 2.54.